The predicted octanol–water partition coefficient (Wildman–Crippen LogP) is 1.82. The van der Waals surface area contributed by atoms with Crippen LogP contribution in [0.25, 0.3) is 0 Å². The number of carbonyl (C=O) groups is 2. The van der Waals surface area contributed by atoms with Gasteiger partial charge in [-0.3, -0.25) is 14.3 Å². The number of sulfonamides is 1. The summed E-state index contributed by atoms with van der Waals surface area (Å²) in [5, 5.41) is 2.76. The minimum atomic E-state index is -3.98. The van der Waals surface area contributed by atoms with E-state index in [4.69, 9.17) is 10.5 Å². The van der Waals surface area contributed by atoms with Gasteiger partial charge < -0.3 is 15.8 Å². The van der Waals surface area contributed by atoms with Gasteiger partial charge in [0, 0.05) is 11.4 Å². The summed E-state index contributed by atoms with van der Waals surface area (Å²) in [4.78, 5) is 23.4. The van der Waals surface area contributed by atoms with Gasteiger partial charge in [0.25, 0.3) is 15.9 Å². The molecule has 142 valence electrons. The molecule has 9 heteroatoms. The summed E-state index contributed by atoms with van der Waals surface area (Å²) in [7, 11) is -2.62. The maximum atomic E-state index is 12.7. The average Bonchev–Trinajstić information content (AvgIpc) is 2.83. The van der Waals surface area contributed by atoms with Crippen LogP contribution in [0.3, 0.4) is 0 Å². The van der Waals surface area contributed by atoms with Crippen LogP contribution < -0.4 is 20.5 Å². The van der Waals surface area contributed by atoms with Crippen LogP contribution in [0.15, 0.2) is 41.3 Å². The Morgan fingerprint density at radius 3 is 2.52 bits per heavy atom. The topological polar surface area (TPSA) is 128 Å². The second kappa shape index (κ2) is 6.27. The molecule has 1 heterocycles. The quantitative estimate of drug-likeness (QED) is 0.719. The Balaban J connectivity index is 1.97. The summed E-state index contributed by atoms with van der Waals surface area (Å²) in [5.74, 6) is -0.767. The summed E-state index contributed by atoms with van der Waals surface area (Å²) in [6.45, 7) is 3.52. The van der Waals surface area contributed by atoms with E-state index in [1.165, 1.54) is 19.2 Å². The lowest BCUT2D eigenvalue weighted by Crippen LogP contribution is -2.27. The molecule has 0 bridgehead atoms. The van der Waals surface area contributed by atoms with Crippen molar-refractivity contribution in [3.63, 3.8) is 0 Å². The zero-order valence-electron chi connectivity index (χ0n) is 15.0. The van der Waals surface area contributed by atoms with E-state index in [1.54, 1.807) is 32.0 Å². The number of ether oxygens (including phenoxy) is 1. The lowest BCUT2D eigenvalue weighted by atomic mass is 9.86. The van der Waals surface area contributed by atoms with Gasteiger partial charge in [-0.25, -0.2) is 8.42 Å². The maximum Gasteiger partial charge on any atom is 0.261 e. The first-order valence-corrected chi connectivity index (χ1v) is 9.51. The molecule has 0 unspecified atom stereocenters. The highest BCUT2D eigenvalue weighted by atomic mass is 32.2. The van der Waals surface area contributed by atoms with Crippen molar-refractivity contribution in [1.82, 2.24) is 0 Å². The van der Waals surface area contributed by atoms with Crippen LogP contribution in [0, 0.1) is 0 Å². The zero-order chi connectivity index (χ0) is 20.0. The Kier molecular flexibility index (Phi) is 4.35. The summed E-state index contributed by atoms with van der Waals surface area (Å²) in [6, 6.07) is 8.65. The van der Waals surface area contributed by atoms with Crippen molar-refractivity contribution in [2.45, 2.75) is 24.2 Å². The first-order valence-electron chi connectivity index (χ1n) is 8.03. The molecular formula is C18H19N3O5S. The highest BCUT2D eigenvalue weighted by Crippen LogP contribution is 2.39. The van der Waals surface area contributed by atoms with E-state index in [1.807, 2.05) is 0 Å². The third-order valence-corrected chi connectivity index (χ3v) is 5.89. The van der Waals surface area contributed by atoms with Crippen LogP contribution in [-0.4, -0.2) is 27.3 Å². The molecule has 1 aliphatic rings. The maximum absolute atomic E-state index is 12.7. The van der Waals surface area contributed by atoms with E-state index in [2.05, 4.69) is 10.0 Å². The van der Waals surface area contributed by atoms with Crippen LogP contribution in [0.4, 0.5) is 11.4 Å². The van der Waals surface area contributed by atoms with Crippen molar-refractivity contribution in [1.29, 1.82) is 0 Å². The van der Waals surface area contributed by atoms with Gasteiger partial charge in [0.15, 0.2) is 0 Å². The molecule has 8 nitrogen and oxygen atoms in total. The molecule has 0 atom stereocenters. The van der Waals surface area contributed by atoms with E-state index in [0.29, 0.717) is 16.9 Å². The number of amides is 2. The minimum Gasteiger partial charge on any atom is -0.496 e. The van der Waals surface area contributed by atoms with Crippen molar-refractivity contribution in [3.05, 3.63) is 47.5 Å². The van der Waals surface area contributed by atoms with Crippen LogP contribution in [0.1, 0.15) is 29.8 Å². The van der Waals surface area contributed by atoms with Gasteiger partial charge in [-0.2, -0.15) is 0 Å². The third kappa shape index (κ3) is 3.21. The van der Waals surface area contributed by atoms with Crippen molar-refractivity contribution >= 4 is 33.2 Å². The SMILES string of the molecule is COc1ccc(S(=O)(=O)Nc2ccc3c(c2)C(C)(C)C(=O)N3)cc1C(N)=O. The molecular weight excluding hydrogens is 370 g/mol. The molecule has 0 aromatic heterocycles. The molecule has 0 saturated heterocycles. The van der Waals surface area contributed by atoms with E-state index < -0.39 is 21.3 Å². The number of carbonyl (C=O) groups excluding carboxylic acids is 2. The Labute approximate surface area is 156 Å². The van der Waals surface area contributed by atoms with Gasteiger partial charge in [-0.1, -0.05) is 0 Å². The molecule has 0 radical (unpaired) electrons. The normalized spacial score (nSPS) is 15.0. The fourth-order valence-electron chi connectivity index (χ4n) is 2.90. The molecule has 0 aliphatic carbocycles. The molecule has 4 N–H and O–H groups in total. The highest BCUT2D eigenvalue weighted by molar-refractivity contribution is 7.92. The van der Waals surface area contributed by atoms with Gasteiger partial charge in [-0.15, -0.1) is 0 Å². The van der Waals surface area contributed by atoms with E-state index in [-0.39, 0.29) is 22.1 Å². The lowest BCUT2D eigenvalue weighted by molar-refractivity contribution is -0.119. The second-order valence-electron chi connectivity index (χ2n) is 6.67. The van der Waals surface area contributed by atoms with Crippen molar-refractivity contribution in [2.24, 2.45) is 5.73 Å². The Morgan fingerprint density at radius 1 is 1.19 bits per heavy atom. The predicted molar refractivity (Wildman–Crippen MR) is 100 cm³/mol. The number of methoxy groups -OCH3 is 1. The Bertz CT molecular complexity index is 1060. The van der Waals surface area contributed by atoms with Gasteiger partial charge >= 0.3 is 0 Å². The lowest BCUT2D eigenvalue weighted by Gasteiger charge is -2.16. The van der Waals surface area contributed by atoms with E-state index in [9.17, 15) is 18.0 Å². The first-order chi connectivity index (χ1) is 12.6. The number of rotatable bonds is 5. The largest absolute Gasteiger partial charge is 0.496 e. The summed E-state index contributed by atoms with van der Waals surface area (Å²) < 4.78 is 32.9. The molecule has 1 aliphatic heterocycles. The molecule has 2 aromatic carbocycles. The third-order valence-electron chi connectivity index (χ3n) is 4.51. The fraction of sp³-hybridized carbons (Fsp3) is 0.222. The fourth-order valence-corrected chi connectivity index (χ4v) is 3.97. The number of nitrogens with two attached hydrogens (primary N) is 1. The minimum absolute atomic E-state index is 0.0368. The smallest absolute Gasteiger partial charge is 0.261 e. The molecule has 0 saturated carbocycles. The number of hydrogen-bond acceptors (Lipinski definition) is 5. The number of fused-ring (bicyclic) bond motifs is 1. The number of anilines is 2. The van der Waals surface area contributed by atoms with Gasteiger partial charge in [0.05, 0.1) is 23.0 Å². The van der Waals surface area contributed by atoms with Crippen molar-refractivity contribution in [2.75, 3.05) is 17.1 Å². The monoisotopic (exact) mass is 389 g/mol. The summed E-state index contributed by atoms with van der Waals surface area (Å²) in [5.41, 5.74) is 6.12. The standard InChI is InChI=1S/C18H19N3O5S/c1-18(2)13-8-10(4-6-14(13)20-17(18)23)21-27(24,25)11-5-7-15(26-3)12(9-11)16(19)22/h4-9,21H,1-3H3,(H2,19,22)(H,20,23). The Morgan fingerprint density at radius 2 is 1.89 bits per heavy atom. The number of nitrogens with one attached hydrogen (secondary N) is 2. The van der Waals surface area contributed by atoms with Crippen LogP contribution in [0.5, 0.6) is 5.75 Å². The molecule has 2 amide bonds. The molecule has 27 heavy (non-hydrogen) atoms. The molecule has 0 fully saturated rings. The van der Waals surface area contributed by atoms with Crippen LogP contribution in [-0.2, 0) is 20.2 Å². The van der Waals surface area contributed by atoms with Gasteiger partial charge in [0.1, 0.15) is 5.75 Å². The van der Waals surface area contributed by atoms with Crippen LogP contribution >= 0.6 is 0 Å². The zero-order valence-corrected chi connectivity index (χ0v) is 15.8. The molecule has 2 aromatic rings. The first kappa shape index (κ1) is 18.7. The van der Waals surface area contributed by atoms with Gasteiger partial charge in [-0.05, 0) is 55.8 Å². The number of hydrogen-bond donors (Lipinski definition) is 3. The Hall–Kier alpha value is -3.07. The average molecular weight is 389 g/mol. The van der Waals surface area contributed by atoms with E-state index >= 15 is 0 Å². The second-order valence-corrected chi connectivity index (χ2v) is 8.35. The molecule has 3 rings (SSSR count). The van der Waals surface area contributed by atoms with Crippen molar-refractivity contribution < 1.29 is 22.7 Å². The highest BCUT2D eigenvalue weighted by Gasteiger charge is 2.38. The van der Waals surface area contributed by atoms with Crippen LogP contribution in [0.2, 0.25) is 0 Å². The molecule has 0 spiro atoms. The number of benzene rings is 2. The van der Waals surface area contributed by atoms with E-state index in [0.717, 1.165) is 6.07 Å². The summed E-state index contributed by atoms with van der Waals surface area (Å²) >= 11 is 0. The van der Waals surface area contributed by atoms with Gasteiger partial charge in [0.2, 0.25) is 5.91 Å². The number of primary amides is 1. The summed E-state index contributed by atoms with van der Waals surface area (Å²) in [6.07, 6.45) is 0. The van der Waals surface area contributed by atoms with Crippen molar-refractivity contribution in [3.8, 4) is 5.75 Å².